The Kier molecular flexibility index (Phi) is 3.36. The monoisotopic (exact) mass is 346 g/mol. The molecule has 24 heavy (non-hydrogen) atoms. The fourth-order valence-corrected chi connectivity index (χ4v) is 6.44. The van der Waals surface area contributed by atoms with Crippen LogP contribution in [0.4, 0.5) is 4.39 Å². The van der Waals surface area contributed by atoms with Crippen molar-refractivity contribution in [3.8, 4) is 0 Å². The Labute approximate surface area is 147 Å². The van der Waals surface area contributed by atoms with Crippen LogP contribution in [0.2, 0.25) is 0 Å². The van der Waals surface area contributed by atoms with Gasteiger partial charge in [-0.3, -0.25) is 9.59 Å². The van der Waals surface area contributed by atoms with Crippen LogP contribution in [-0.2, 0) is 9.59 Å². The van der Waals surface area contributed by atoms with Crippen LogP contribution < -0.4 is 0 Å². The van der Waals surface area contributed by atoms with Gasteiger partial charge in [0.1, 0.15) is 0 Å². The summed E-state index contributed by atoms with van der Waals surface area (Å²) in [6, 6.07) is 0. The molecule has 2 saturated carbocycles. The van der Waals surface area contributed by atoms with Gasteiger partial charge >= 0.3 is 0 Å². The molecule has 0 spiro atoms. The predicted octanol–water partition coefficient (Wildman–Crippen LogP) is 4.24. The second-order valence-corrected chi connectivity index (χ2v) is 8.91. The van der Waals surface area contributed by atoms with Crippen molar-refractivity contribution in [2.24, 2.45) is 28.6 Å². The minimum atomic E-state index is -1.32. The normalized spacial score (nSPS) is 47.6. The Hall–Kier alpha value is -1.16. The Balaban J connectivity index is 1.82. The lowest BCUT2D eigenvalue weighted by Crippen LogP contribution is -2.49. The van der Waals surface area contributed by atoms with Crippen LogP contribution in [0.3, 0.4) is 0 Å². The van der Waals surface area contributed by atoms with E-state index < -0.39 is 11.6 Å². The number of thiol groups is 1. The quantitative estimate of drug-likeness (QED) is 0.526. The number of hydrogen-bond donors (Lipinski definition) is 1. The molecule has 0 aromatic carbocycles. The number of carbonyl (C=O) groups is 2. The fourth-order valence-electron chi connectivity index (χ4n) is 5.95. The van der Waals surface area contributed by atoms with Gasteiger partial charge in [-0.2, -0.15) is 0 Å². The summed E-state index contributed by atoms with van der Waals surface area (Å²) in [6.45, 7) is 8.09. The lowest BCUT2D eigenvalue weighted by atomic mass is 9.49. The zero-order chi connectivity index (χ0) is 17.4. The summed E-state index contributed by atoms with van der Waals surface area (Å²) in [5.74, 6) is 0.283. The van der Waals surface area contributed by atoms with Crippen molar-refractivity contribution in [3.63, 3.8) is 0 Å². The molecule has 0 amide bonds. The molecule has 4 rings (SSSR count). The van der Waals surface area contributed by atoms with Crippen LogP contribution in [0.25, 0.3) is 0 Å². The first kappa shape index (κ1) is 16.3. The number of ketones is 2. The van der Waals surface area contributed by atoms with E-state index in [0.717, 1.165) is 18.4 Å². The van der Waals surface area contributed by atoms with Crippen molar-refractivity contribution in [2.75, 3.05) is 0 Å². The van der Waals surface area contributed by atoms with E-state index in [-0.39, 0.29) is 28.8 Å². The molecule has 4 aliphatic rings. The Morgan fingerprint density at radius 2 is 1.96 bits per heavy atom. The third-order valence-corrected chi connectivity index (χ3v) is 7.77. The molecule has 4 aliphatic carbocycles. The summed E-state index contributed by atoms with van der Waals surface area (Å²) in [4.78, 5) is 25.1. The zero-order valence-corrected chi connectivity index (χ0v) is 15.0. The highest BCUT2D eigenvalue weighted by Crippen LogP contribution is 2.63. The Bertz CT molecular complexity index is 736. The number of rotatable bonds is 0. The van der Waals surface area contributed by atoms with Gasteiger partial charge in [0.25, 0.3) is 0 Å². The van der Waals surface area contributed by atoms with Crippen LogP contribution in [0.1, 0.15) is 39.5 Å². The number of halogens is 1. The molecule has 0 N–H and O–H groups in total. The smallest absolute Gasteiger partial charge is 0.194 e. The van der Waals surface area contributed by atoms with Crippen LogP contribution >= 0.6 is 12.6 Å². The lowest BCUT2D eigenvalue weighted by Gasteiger charge is -2.54. The molecule has 2 fully saturated rings. The van der Waals surface area contributed by atoms with Gasteiger partial charge in [-0.1, -0.05) is 32.6 Å². The third kappa shape index (κ3) is 1.84. The summed E-state index contributed by atoms with van der Waals surface area (Å²) in [5, 5.41) is 0. The SMILES string of the molecule is C=C1C[C@@]2(C)C(=C(S)C1=O)C=C[C@@H]1[C@@H]2CC[C@]2(C)C(=O)[C@H](F)C[C@@H]12. The third-order valence-electron chi connectivity index (χ3n) is 7.32. The minimum Gasteiger partial charge on any atom is -0.296 e. The maximum atomic E-state index is 14.2. The van der Waals surface area contributed by atoms with E-state index in [0.29, 0.717) is 29.2 Å². The van der Waals surface area contributed by atoms with Crippen LogP contribution in [0.15, 0.2) is 34.8 Å². The highest BCUT2D eigenvalue weighted by molar-refractivity contribution is 7.85. The van der Waals surface area contributed by atoms with E-state index in [1.54, 1.807) is 0 Å². The molecule has 128 valence electrons. The average molecular weight is 346 g/mol. The topological polar surface area (TPSA) is 34.1 Å². The molecule has 0 radical (unpaired) electrons. The number of allylic oxidation sites excluding steroid dienone is 5. The van der Waals surface area contributed by atoms with Crippen molar-refractivity contribution >= 4 is 24.2 Å². The lowest BCUT2D eigenvalue weighted by molar-refractivity contribution is -0.133. The molecule has 0 heterocycles. The van der Waals surface area contributed by atoms with E-state index in [1.165, 1.54) is 0 Å². The first-order valence-electron chi connectivity index (χ1n) is 8.73. The maximum absolute atomic E-state index is 14.2. The summed E-state index contributed by atoms with van der Waals surface area (Å²) in [6.07, 6.45) is 5.39. The average Bonchev–Trinajstić information content (AvgIpc) is 2.76. The second-order valence-electron chi connectivity index (χ2n) is 8.46. The maximum Gasteiger partial charge on any atom is 0.194 e. The molecular formula is C20H23FO2S. The summed E-state index contributed by atoms with van der Waals surface area (Å²) < 4.78 is 14.2. The number of Topliss-reactive ketones (excluding diaryl/α,β-unsaturated/α-hetero) is 2. The van der Waals surface area contributed by atoms with Gasteiger partial charge in [-0.25, -0.2) is 4.39 Å². The number of carbonyl (C=O) groups excluding carboxylic acids is 2. The molecule has 0 bridgehead atoms. The van der Waals surface area contributed by atoms with E-state index in [4.69, 9.17) is 0 Å². The second kappa shape index (κ2) is 4.94. The van der Waals surface area contributed by atoms with Gasteiger partial charge in [0, 0.05) is 10.8 Å². The molecule has 4 heteroatoms. The van der Waals surface area contributed by atoms with Gasteiger partial charge in [-0.15, -0.1) is 12.6 Å². The predicted molar refractivity (Wildman–Crippen MR) is 94.4 cm³/mol. The summed E-state index contributed by atoms with van der Waals surface area (Å²) in [5.41, 5.74) is 0.877. The van der Waals surface area contributed by atoms with Gasteiger partial charge in [0.05, 0.1) is 4.91 Å². The highest BCUT2D eigenvalue weighted by Gasteiger charge is 2.61. The first-order valence-corrected chi connectivity index (χ1v) is 9.17. The summed E-state index contributed by atoms with van der Waals surface area (Å²) >= 11 is 4.47. The van der Waals surface area contributed by atoms with Gasteiger partial charge in [-0.05, 0) is 54.6 Å². The summed E-state index contributed by atoms with van der Waals surface area (Å²) in [7, 11) is 0. The number of fused-ring (bicyclic) bond motifs is 5. The van der Waals surface area contributed by atoms with Gasteiger partial charge < -0.3 is 0 Å². The van der Waals surface area contributed by atoms with E-state index in [2.05, 4.69) is 32.2 Å². The number of hydrogen-bond acceptors (Lipinski definition) is 3. The van der Waals surface area contributed by atoms with Crippen molar-refractivity contribution < 1.29 is 14.0 Å². The number of alkyl halides is 1. The molecule has 0 aromatic heterocycles. The van der Waals surface area contributed by atoms with Crippen molar-refractivity contribution in [1.82, 2.24) is 0 Å². The first-order chi connectivity index (χ1) is 11.2. The van der Waals surface area contributed by atoms with Crippen LogP contribution in [0, 0.1) is 28.6 Å². The van der Waals surface area contributed by atoms with Gasteiger partial charge in [0.15, 0.2) is 17.7 Å². The van der Waals surface area contributed by atoms with Crippen molar-refractivity contribution in [3.05, 3.63) is 34.8 Å². The standard InChI is InChI=1S/C20H23FO2S/c1-10-9-20(3)12-6-7-19(2)14(8-15(21)18(19)23)11(12)4-5-13(20)17(24)16(10)22/h4-5,11-12,14-15,24H,1,6-9H2,2-3H3/t11-,12+,14+,15-,19+,20-/m1/s1. The molecule has 0 unspecified atom stereocenters. The molecule has 6 atom stereocenters. The zero-order valence-electron chi connectivity index (χ0n) is 14.1. The van der Waals surface area contributed by atoms with Crippen LogP contribution in [-0.4, -0.2) is 17.7 Å². The van der Waals surface area contributed by atoms with Gasteiger partial charge in [0.2, 0.25) is 0 Å². The van der Waals surface area contributed by atoms with Crippen molar-refractivity contribution in [2.45, 2.75) is 45.7 Å². The minimum absolute atomic E-state index is 0.0580. The molecule has 2 nitrogen and oxygen atoms in total. The Morgan fingerprint density at radius 1 is 1.25 bits per heavy atom. The van der Waals surface area contributed by atoms with Crippen molar-refractivity contribution in [1.29, 1.82) is 0 Å². The highest BCUT2D eigenvalue weighted by atomic mass is 32.1. The fraction of sp³-hybridized carbons (Fsp3) is 0.600. The van der Waals surface area contributed by atoms with E-state index >= 15 is 0 Å². The Morgan fingerprint density at radius 3 is 2.67 bits per heavy atom. The molecule has 0 aromatic rings. The molecule has 0 aliphatic heterocycles. The molecule has 0 saturated heterocycles. The van der Waals surface area contributed by atoms with E-state index in [1.807, 2.05) is 13.0 Å². The van der Waals surface area contributed by atoms with E-state index in [9.17, 15) is 14.0 Å². The largest absolute Gasteiger partial charge is 0.296 e. The van der Waals surface area contributed by atoms with Crippen LogP contribution in [0.5, 0.6) is 0 Å². The molecular weight excluding hydrogens is 323 g/mol.